The van der Waals surface area contributed by atoms with Gasteiger partial charge in [-0.2, -0.15) is 0 Å². The van der Waals surface area contributed by atoms with Gasteiger partial charge in [0.1, 0.15) is 12.4 Å². The first-order chi connectivity index (χ1) is 8.66. The first-order valence-electron chi connectivity index (χ1n) is 6.26. The molecule has 1 aromatic heterocycles. The number of aliphatic imine (C=N–C) groups is 1. The standard InChI is InChI=1S/C12H20N6.HI/c1-9(2)7-14-12(13)15-8-11-17-16-10-5-3-4-6-18(10)11;/h1,3-8H2,2H3,(H3,13,14,15);1H. The molecule has 0 radical (unpaired) electrons. The molecule has 0 atom stereocenters. The minimum absolute atomic E-state index is 0. The van der Waals surface area contributed by atoms with Gasteiger partial charge in [-0.1, -0.05) is 12.2 Å². The first kappa shape index (κ1) is 15.9. The Kier molecular flexibility index (Phi) is 6.26. The summed E-state index contributed by atoms with van der Waals surface area (Å²) in [6.45, 7) is 7.85. The SMILES string of the molecule is C=C(C)CNC(N)=NCc1nnc2n1CCCC2.I. The van der Waals surface area contributed by atoms with Crippen molar-refractivity contribution in [2.45, 2.75) is 39.3 Å². The molecule has 0 aromatic carbocycles. The van der Waals surface area contributed by atoms with Crippen molar-refractivity contribution in [3.63, 3.8) is 0 Å². The summed E-state index contributed by atoms with van der Waals surface area (Å²) in [6, 6.07) is 0. The smallest absolute Gasteiger partial charge is 0.189 e. The third kappa shape index (κ3) is 4.48. The summed E-state index contributed by atoms with van der Waals surface area (Å²) in [7, 11) is 0. The fourth-order valence-corrected chi connectivity index (χ4v) is 1.94. The Hall–Kier alpha value is -1.12. The third-order valence-electron chi connectivity index (χ3n) is 2.90. The third-order valence-corrected chi connectivity index (χ3v) is 2.90. The van der Waals surface area contributed by atoms with Crippen LogP contribution in [0, 0.1) is 0 Å². The maximum absolute atomic E-state index is 5.75. The van der Waals surface area contributed by atoms with Gasteiger partial charge in [-0.15, -0.1) is 34.2 Å². The largest absolute Gasteiger partial charge is 0.370 e. The highest BCUT2D eigenvalue weighted by Gasteiger charge is 2.14. The monoisotopic (exact) mass is 376 g/mol. The number of rotatable bonds is 4. The first-order valence-corrected chi connectivity index (χ1v) is 6.26. The Balaban J connectivity index is 0.00000180. The van der Waals surface area contributed by atoms with Gasteiger partial charge in [0.25, 0.3) is 0 Å². The number of halogens is 1. The normalized spacial score (nSPS) is 14.5. The molecule has 3 N–H and O–H groups in total. The van der Waals surface area contributed by atoms with E-state index in [2.05, 4.69) is 31.7 Å². The number of hydrogen-bond donors (Lipinski definition) is 2. The van der Waals surface area contributed by atoms with E-state index < -0.39 is 0 Å². The lowest BCUT2D eigenvalue weighted by molar-refractivity contribution is 0.508. The molecule has 0 bridgehead atoms. The van der Waals surface area contributed by atoms with Crippen molar-refractivity contribution in [3.05, 3.63) is 23.8 Å². The summed E-state index contributed by atoms with van der Waals surface area (Å²) in [5.41, 5.74) is 6.78. The maximum atomic E-state index is 5.75. The molecular weight excluding hydrogens is 355 g/mol. The van der Waals surface area contributed by atoms with Gasteiger partial charge < -0.3 is 15.6 Å². The van der Waals surface area contributed by atoms with Crippen LogP contribution in [0.1, 0.15) is 31.4 Å². The summed E-state index contributed by atoms with van der Waals surface area (Å²) in [6.07, 6.45) is 3.40. The van der Waals surface area contributed by atoms with E-state index in [9.17, 15) is 0 Å². The molecule has 0 unspecified atom stereocenters. The Bertz CT molecular complexity index is 465. The summed E-state index contributed by atoms with van der Waals surface area (Å²) >= 11 is 0. The van der Waals surface area contributed by atoms with Gasteiger partial charge in [0.2, 0.25) is 0 Å². The van der Waals surface area contributed by atoms with E-state index in [1.165, 1.54) is 12.8 Å². The maximum Gasteiger partial charge on any atom is 0.189 e. The highest BCUT2D eigenvalue weighted by atomic mass is 127. The number of nitrogens with zero attached hydrogens (tertiary/aromatic N) is 4. The van der Waals surface area contributed by atoms with E-state index in [1.807, 2.05) is 6.92 Å². The van der Waals surface area contributed by atoms with Gasteiger partial charge in [0.15, 0.2) is 11.8 Å². The van der Waals surface area contributed by atoms with E-state index in [1.54, 1.807) is 0 Å². The number of nitrogens with one attached hydrogen (secondary N) is 1. The van der Waals surface area contributed by atoms with Gasteiger partial charge >= 0.3 is 0 Å². The molecular formula is C12H21IN6. The second-order valence-electron chi connectivity index (χ2n) is 4.65. The highest BCUT2D eigenvalue weighted by Crippen LogP contribution is 2.14. The van der Waals surface area contributed by atoms with Crippen LogP contribution < -0.4 is 11.1 Å². The molecule has 0 amide bonds. The minimum Gasteiger partial charge on any atom is -0.370 e. The molecule has 6 nitrogen and oxygen atoms in total. The van der Waals surface area contributed by atoms with E-state index in [0.29, 0.717) is 19.0 Å². The molecule has 1 aliphatic rings. The fourth-order valence-electron chi connectivity index (χ4n) is 1.94. The van der Waals surface area contributed by atoms with Crippen LogP contribution in [0.2, 0.25) is 0 Å². The zero-order valence-corrected chi connectivity index (χ0v) is 13.6. The highest BCUT2D eigenvalue weighted by molar-refractivity contribution is 14.0. The summed E-state index contributed by atoms with van der Waals surface area (Å²) in [4.78, 5) is 4.27. The Morgan fingerprint density at radius 1 is 1.47 bits per heavy atom. The van der Waals surface area contributed by atoms with Crippen LogP contribution in [0.3, 0.4) is 0 Å². The fraction of sp³-hybridized carbons (Fsp3) is 0.583. The van der Waals surface area contributed by atoms with E-state index in [-0.39, 0.29) is 24.0 Å². The molecule has 1 aromatic rings. The number of aromatic nitrogens is 3. The van der Waals surface area contributed by atoms with Gasteiger partial charge in [0, 0.05) is 19.5 Å². The van der Waals surface area contributed by atoms with Crippen molar-refractivity contribution in [1.82, 2.24) is 20.1 Å². The zero-order chi connectivity index (χ0) is 13.0. The molecule has 0 fully saturated rings. The van der Waals surface area contributed by atoms with Gasteiger partial charge in [-0.3, -0.25) is 0 Å². The van der Waals surface area contributed by atoms with Crippen LogP contribution in [-0.4, -0.2) is 27.3 Å². The lowest BCUT2D eigenvalue weighted by Gasteiger charge is -2.13. The van der Waals surface area contributed by atoms with Crippen LogP contribution in [0.15, 0.2) is 17.1 Å². The van der Waals surface area contributed by atoms with Crippen molar-refractivity contribution in [2.24, 2.45) is 10.7 Å². The predicted octanol–water partition coefficient (Wildman–Crippen LogP) is 1.21. The molecule has 0 saturated heterocycles. The lowest BCUT2D eigenvalue weighted by atomic mass is 10.2. The van der Waals surface area contributed by atoms with E-state index in [0.717, 1.165) is 30.2 Å². The molecule has 7 heteroatoms. The minimum atomic E-state index is 0. The molecule has 0 spiro atoms. The average molecular weight is 376 g/mol. The Morgan fingerprint density at radius 3 is 3.00 bits per heavy atom. The van der Waals surface area contributed by atoms with Gasteiger partial charge in [0.05, 0.1) is 0 Å². The summed E-state index contributed by atoms with van der Waals surface area (Å²) in [5.74, 6) is 2.39. The molecule has 1 aliphatic heterocycles. The lowest BCUT2D eigenvalue weighted by Crippen LogP contribution is -2.32. The van der Waals surface area contributed by atoms with Crippen LogP contribution in [0.4, 0.5) is 0 Å². The quantitative estimate of drug-likeness (QED) is 0.358. The molecule has 2 rings (SSSR count). The second-order valence-corrected chi connectivity index (χ2v) is 4.65. The van der Waals surface area contributed by atoms with Crippen LogP contribution in [0.25, 0.3) is 0 Å². The van der Waals surface area contributed by atoms with Crippen molar-refractivity contribution >= 4 is 29.9 Å². The Labute approximate surface area is 130 Å². The summed E-state index contributed by atoms with van der Waals surface area (Å²) in [5, 5.41) is 11.3. The number of aryl methyl sites for hydroxylation is 1. The zero-order valence-electron chi connectivity index (χ0n) is 11.2. The number of nitrogens with two attached hydrogens (primary N) is 1. The van der Waals surface area contributed by atoms with Crippen molar-refractivity contribution < 1.29 is 0 Å². The van der Waals surface area contributed by atoms with E-state index >= 15 is 0 Å². The molecule has 0 aliphatic carbocycles. The van der Waals surface area contributed by atoms with Crippen molar-refractivity contribution in [2.75, 3.05) is 6.54 Å². The van der Waals surface area contributed by atoms with E-state index in [4.69, 9.17) is 5.73 Å². The van der Waals surface area contributed by atoms with Crippen molar-refractivity contribution in [3.8, 4) is 0 Å². The predicted molar refractivity (Wildman–Crippen MR) is 86.5 cm³/mol. The van der Waals surface area contributed by atoms with Gasteiger partial charge in [-0.05, 0) is 19.8 Å². The average Bonchev–Trinajstić information content (AvgIpc) is 2.77. The second kappa shape index (κ2) is 7.46. The Morgan fingerprint density at radius 2 is 2.26 bits per heavy atom. The van der Waals surface area contributed by atoms with Gasteiger partial charge in [-0.25, -0.2) is 4.99 Å². The van der Waals surface area contributed by atoms with Crippen molar-refractivity contribution in [1.29, 1.82) is 0 Å². The van der Waals surface area contributed by atoms with Crippen LogP contribution >= 0.6 is 24.0 Å². The molecule has 19 heavy (non-hydrogen) atoms. The van der Waals surface area contributed by atoms with Crippen LogP contribution in [-0.2, 0) is 19.5 Å². The number of guanidine groups is 1. The molecule has 0 saturated carbocycles. The topological polar surface area (TPSA) is 81.1 Å². The number of fused-ring (bicyclic) bond motifs is 1. The van der Waals surface area contributed by atoms with Crippen LogP contribution in [0.5, 0.6) is 0 Å². The molecule has 106 valence electrons. The number of hydrogen-bond acceptors (Lipinski definition) is 3. The summed E-state index contributed by atoms with van der Waals surface area (Å²) < 4.78 is 2.15. The molecule has 2 heterocycles.